The van der Waals surface area contributed by atoms with Crippen LogP contribution in [0.15, 0.2) is 66.9 Å². The van der Waals surface area contributed by atoms with E-state index >= 15 is 0 Å². The molecule has 5 rings (SSSR count). The maximum atomic E-state index is 13.3. The maximum absolute atomic E-state index is 13.3. The van der Waals surface area contributed by atoms with E-state index in [9.17, 15) is 14.7 Å². The van der Waals surface area contributed by atoms with Crippen molar-refractivity contribution >= 4 is 22.8 Å². The van der Waals surface area contributed by atoms with E-state index in [2.05, 4.69) is 20.9 Å². The number of para-hydroxylation sites is 2. The molecule has 2 amide bonds. The van der Waals surface area contributed by atoms with Gasteiger partial charge in [-0.25, -0.2) is 9.97 Å². The Hall–Kier alpha value is -4.24. The summed E-state index contributed by atoms with van der Waals surface area (Å²) in [5.41, 5.74) is 11.3. The van der Waals surface area contributed by atoms with E-state index in [0.29, 0.717) is 26.1 Å². The van der Waals surface area contributed by atoms with Crippen molar-refractivity contribution in [3.63, 3.8) is 0 Å². The predicted octanol–water partition coefficient (Wildman–Crippen LogP) is 3.61. The highest BCUT2D eigenvalue weighted by Crippen LogP contribution is 2.30. The summed E-state index contributed by atoms with van der Waals surface area (Å²) >= 11 is 0. The monoisotopic (exact) mass is 540 g/mol. The molecule has 0 spiro atoms. The van der Waals surface area contributed by atoms with Crippen LogP contribution >= 0.6 is 0 Å². The number of nitrogens with one attached hydrogen (secondary N) is 1. The number of piperidine rings is 1. The van der Waals surface area contributed by atoms with Gasteiger partial charge < -0.3 is 25.6 Å². The first-order valence-electron chi connectivity index (χ1n) is 13.8. The van der Waals surface area contributed by atoms with Crippen LogP contribution in [0.3, 0.4) is 0 Å². The fraction of sp³-hybridized carbons (Fsp3) is 0.355. The molecule has 1 saturated heterocycles. The minimum absolute atomic E-state index is 0.00991. The van der Waals surface area contributed by atoms with Crippen molar-refractivity contribution in [3.05, 3.63) is 78.2 Å². The first kappa shape index (κ1) is 27.3. The number of hydrogen-bond acceptors (Lipinski definition) is 6. The second-order valence-corrected chi connectivity index (χ2v) is 10.5. The number of fused-ring (bicyclic) bond motifs is 1. The van der Waals surface area contributed by atoms with Crippen LogP contribution in [0.1, 0.15) is 43.5 Å². The lowest BCUT2D eigenvalue weighted by atomic mass is 9.95. The van der Waals surface area contributed by atoms with Crippen molar-refractivity contribution in [3.8, 4) is 17.0 Å². The minimum Gasteiger partial charge on any atom is -0.493 e. The lowest BCUT2D eigenvalue weighted by molar-refractivity contribution is -0.132. The molecule has 3 heterocycles. The first-order valence-corrected chi connectivity index (χ1v) is 13.8. The van der Waals surface area contributed by atoms with Crippen molar-refractivity contribution < 1.29 is 14.7 Å². The Kier molecular flexibility index (Phi) is 8.40. The molecular formula is C31H36N6O3. The fourth-order valence-electron chi connectivity index (χ4n) is 5.56. The van der Waals surface area contributed by atoms with Crippen LogP contribution in [0.25, 0.3) is 22.2 Å². The van der Waals surface area contributed by atoms with Gasteiger partial charge in [0.25, 0.3) is 0 Å². The molecule has 40 heavy (non-hydrogen) atoms. The number of amides is 2. The molecule has 9 heteroatoms. The maximum Gasteiger partial charge on any atom is 0.224 e. The molecule has 9 nitrogen and oxygen atoms in total. The largest absolute Gasteiger partial charge is 0.493 e. The Labute approximate surface area is 234 Å². The van der Waals surface area contributed by atoms with Gasteiger partial charge in [0.1, 0.15) is 5.82 Å². The molecular weight excluding hydrogens is 504 g/mol. The zero-order chi connectivity index (χ0) is 28.1. The molecule has 4 aromatic rings. The summed E-state index contributed by atoms with van der Waals surface area (Å²) in [6, 6.07) is 19.2. The number of aromatic hydroxyl groups is 1. The van der Waals surface area contributed by atoms with Gasteiger partial charge in [0.2, 0.25) is 17.7 Å². The van der Waals surface area contributed by atoms with Gasteiger partial charge in [-0.05, 0) is 54.2 Å². The smallest absolute Gasteiger partial charge is 0.224 e. The minimum atomic E-state index is -0.286. The van der Waals surface area contributed by atoms with Crippen molar-refractivity contribution in [2.75, 3.05) is 19.6 Å². The van der Waals surface area contributed by atoms with Gasteiger partial charge in [0, 0.05) is 63.7 Å². The highest BCUT2D eigenvalue weighted by molar-refractivity contribution is 5.78. The normalized spacial score (nSPS) is 16.1. The molecule has 2 aromatic heterocycles. The van der Waals surface area contributed by atoms with Crippen LogP contribution in [0.5, 0.6) is 5.88 Å². The van der Waals surface area contributed by atoms with E-state index in [0.717, 1.165) is 52.9 Å². The average Bonchev–Trinajstić information content (AvgIpc) is 3.32. The van der Waals surface area contributed by atoms with E-state index in [-0.39, 0.29) is 36.1 Å². The number of rotatable bonds is 9. The number of nitrogens with zero attached hydrogens (tertiary/aromatic N) is 4. The summed E-state index contributed by atoms with van der Waals surface area (Å²) in [6.07, 6.45) is 4.33. The number of benzene rings is 2. The number of likely N-dealkylation sites (tertiary alicyclic amines) is 1. The second-order valence-electron chi connectivity index (χ2n) is 10.5. The molecule has 2 aromatic carbocycles. The van der Waals surface area contributed by atoms with Gasteiger partial charge in [-0.1, -0.05) is 36.4 Å². The zero-order valence-corrected chi connectivity index (χ0v) is 22.8. The Morgan fingerprint density at radius 3 is 2.70 bits per heavy atom. The molecule has 208 valence electrons. The molecule has 0 saturated carbocycles. The molecule has 0 bridgehead atoms. The number of imidazole rings is 1. The lowest BCUT2D eigenvalue weighted by Crippen LogP contribution is -2.42. The van der Waals surface area contributed by atoms with Crippen molar-refractivity contribution in [1.82, 2.24) is 24.8 Å². The first-order chi connectivity index (χ1) is 19.4. The lowest BCUT2D eigenvalue weighted by Gasteiger charge is -2.33. The number of carbonyl (C=O) groups is 2. The summed E-state index contributed by atoms with van der Waals surface area (Å²) in [5, 5.41) is 12.5. The number of nitrogens with two attached hydrogens (primary N) is 1. The predicted molar refractivity (Wildman–Crippen MR) is 155 cm³/mol. The van der Waals surface area contributed by atoms with Gasteiger partial charge in [0.15, 0.2) is 0 Å². The van der Waals surface area contributed by atoms with E-state index < -0.39 is 0 Å². The van der Waals surface area contributed by atoms with Crippen LogP contribution in [-0.4, -0.2) is 62.0 Å². The second kappa shape index (κ2) is 12.3. The van der Waals surface area contributed by atoms with Gasteiger partial charge in [-0.2, -0.15) is 0 Å². The summed E-state index contributed by atoms with van der Waals surface area (Å²) in [6.45, 7) is 4.02. The third-order valence-electron chi connectivity index (χ3n) is 7.50. The topological polar surface area (TPSA) is 126 Å². The van der Waals surface area contributed by atoms with Gasteiger partial charge >= 0.3 is 0 Å². The van der Waals surface area contributed by atoms with Crippen molar-refractivity contribution in [2.24, 2.45) is 5.73 Å². The Bertz CT molecular complexity index is 1480. The van der Waals surface area contributed by atoms with Crippen LogP contribution in [0.2, 0.25) is 0 Å². The summed E-state index contributed by atoms with van der Waals surface area (Å²) < 4.78 is 2.19. The Morgan fingerprint density at radius 1 is 1.12 bits per heavy atom. The number of carbonyl (C=O) groups excluding carboxylic acids is 2. The molecule has 4 N–H and O–H groups in total. The zero-order valence-electron chi connectivity index (χ0n) is 22.8. The number of pyridine rings is 1. The highest BCUT2D eigenvalue weighted by Gasteiger charge is 2.29. The van der Waals surface area contributed by atoms with Crippen LogP contribution in [-0.2, 0) is 22.6 Å². The number of hydrogen-bond donors (Lipinski definition) is 3. The number of aromatic nitrogens is 3. The van der Waals surface area contributed by atoms with Crippen molar-refractivity contribution in [1.29, 1.82) is 0 Å². The van der Waals surface area contributed by atoms with E-state index in [4.69, 9.17) is 10.7 Å². The third-order valence-corrected chi connectivity index (χ3v) is 7.50. The van der Waals surface area contributed by atoms with E-state index in [1.807, 2.05) is 53.4 Å². The molecule has 1 fully saturated rings. The summed E-state index contributed by atoms with van der Waals surface area (Å²) in [5.74, 6) is 1.10. The standard InChI is InChI=1S/C31H36N6O3/c1-21(38)33-14-16-37-28-7-3-2-6-27(28)35-31(37)25-5-4-15-36(20-25)30(40)19-26(32)17-22-8-10-23(11-9-22)24-12-13-34-29(39)18-24/h2-3,6-13,18,25-26H,4-5,14-17,19-20,32H2,1H3,(H,33,38)(H,34,39). The SMILES string of the molecule is CC(=O)NCCn1c(C2CCCN(C(=O)CC(N)Cc3ccc(-c4ccnc(O)c4)cc3)C2)nc2ccccc21. The third kappa shape index (κ3) is 6.48. The molecule has 1 aliphatic rings. The van der Waals surface area contributed by atoms with Gasteiger partial charge in [0.05, 0.1) is 11.0 Å². The summed E-state index contributed by atoms with van der Waals surface area (Å²) in [4.78, 5) is 35.4. The van der Waals surface area contributed by atoms with Crippen molar-refractivity contribution in [2.45, 2.75) is 51.1 Å². The molecule has 1 aliphatic heterocycles. The molecule has 2 unspecified atom stereocenters. The fourth-order valence-corrected chi connectivity index (χ4v) is 5.56. The average molecular weight is 541 g/mol. The quantitative estimate of drug-likeness (QED) is 0.298. The van der Waals surface area contributed by atoms with E-state index in [1.165, 1.54) is 6.92 Å². The highest BCUT2D eigenvalue weighted by atomic mass is 16.3. The van der Waals surface area contributed by atoms with Gasteiger partial charge in [-0.3, -0.25) is 9.59 Å². The van der Waals surface area contributed by atoms with Gasteiger partial charge in [-0.15, -0.1) is 0 Å². The molecule has 0 aliphatic carbocycles. The Balaban J connectivity index is 1.21. The van der Waals surface area contributed by atoms with Crippen LogP contribution < -0.4 is 11.1 Å². The summed E-state index contributed by atoms with van der Waals surface area (Å²) in [7, 11) is 0. The van der Waals surface area contributed by atoms with Crippen LogP contribution in [0.4, 0.5) is 0 Å². The van der Waals surface area contributed by atoms with E-state index in [1.54, 1.807) is 12.3 Å². The molecule has 0 radical (unpaired) electrons. The Morgan fingerprint density at radius 2 is 1.93 bits per heavy atom. The van der Waals surface area contributed by atoms with Crippen LogP contribution in [0, 0.1) is 0 Å². The molecule has 2 atom stereocenters.